The Bertz CT molecular complexity index is 404. The molecule has 0 spiro atoms. The molecule has 1 aromatic rings. The van der Waals surface area contributed by atoms with E-state index in [9.17, 15) is 0 Å². The van der Waals surface area contributed by atoms with Crippen molar-refractivity contribution >= 4 is 11.4 Å². The normalized spacial score (nSPS) is 22.8. The molecule has 92 valence electrons. The number of rotatable bonds is 2. The van der Waals surface area contributed by atoms with Crippen molar-refractivity contribution in [3.05, 3.63) is 23.8 Å². The molecule has 1 heterocycles. The molecule has 3 rings (SSSR count). The van der Waals surface area contributed by atoms with E-state index in [1.165, 1.54) is 44.3 Å². The van der Waals surface area contributed by atoms with E-state index < -0.39 is 0 Å². The van der Waals surface area contributed by atoms with Gasteiger partial charge < -0.3 is 16.4 Å². The second-order valence-corrected chi connectivity index (χ2v) is 5.43. The molecular weight excluding hydrogens is 210 g/mol. The standard InChI is InChI=1S/C14H21N3/c15-13-4-1-11(9-14(13)16)10-5-7-17(8-6-10)12-2-3-12/h1,4,9-10,12H,2-3,5-8,15-16H2. The number of hydrogen-bond donors (Lipinski definition) is 2. The molecule has 0 unspecified atom stereocenters. The van der Waals surface area contributed by atoms with Crippen LogP contribution in [0.1, 0.15) is 37.2 Å². The molecule has 1 saturated heterocycles. The Morgan fingerprint density at radius 3 is 2.24 bits per heavy atom. The Hall–Kier alpha value is -1.22. The Morgan fingerprint density at radius 1 is 0.941 bits per heavy atom. The summed E-state index contributed by atoms with van der Waals surface area (Å²) in [4.78, 5) is 2.65. The van der Waals surface area contributed by atoms with Crippen LogP contribution in [0.25, 0.3) is 0 Å². The number of nitrogens with zero attached hydrogens (tertiary/aromatic N) is 1. The van der Waals surface area contributed by atoms with Crippen molar-refractivity contribution in [3.63, 3.8) is 0 Å². The fourth-order valence-electron chi connectivity index (χ4n) is 2.88. The molecule has 0 aromatic heterocycles. The summed E-state index contributed by atoms with van der Waals surface area (Å²) in [5, 5.41) is 0. The first kappa shape index (κ1) is 10.9. The van der Waals surface area contributed by atoms with Crippen molar-refractivity contribution in [3.8, 4) is 0 Å². The maximum atomic E-state index is 5.88. The van der Waals surface area contributed by atoms with Crippen molar-refractivity contribution in [2.45, 2.75) is 37.6 Å². The average molecular weight is 231 g/mol. The molecule has 1 aliphatic carbocycles. The molecule has 0 radical (unpaired) electrons. The van der Waals surface area contributed by atoms with Crippen LogP contribution in [0.4, 0.5) is 11.4 Å². The van der Waals surface area contributed by atoms with Crippen LogP contribution in [0.2, 0.25) is 0 Å². The molecule has 1 saturated carbocycles. The first-order valence-electron chi connectivity index (χ1n) is 6.63. The zero-order chi connectivity index (χ0) is 11.8. The first-order valence-corrected chi connectivity index (χ1v) is 6.63. The number of anilines is 2. The molecule has 17 heavy (non-hydrogen) atoms. The summed E-state index contributed by atoms with van der Waals surface area (Å²) in [5.74, 6) is 0.674. The molecule has 3 heteroatoms. The summed E-state index contributed by atoms with van der Waals surface area (Å²) in [6.07, 6.45) is 5.36. The predicted octanol–water partition coefficient (Wildman–Crippen LogP) is 2.19. The molecule has 1 aliphatic heterocycles. The van der Waals surface area contributed by atoms with Gasteiger partial charge >= 0.3 is 0 Å². The number of piperidine rings is 1. The van der Waals surface area contributed by atoms with Gasteiger partial charge in [-0.15, -0.1) is 0 Å². The quantitative estimate of drug-likeness (QED) is 0.767. The first-order chi connectivity index (χ1) is 8.24. The molecule has 0 amide bonds. The van der Waals surface area contributed by atoms with Gasteiger partial charge in [-0.05, 0) is 62.4 Å². The SMILES string of the molecule is Nc1ccc(C2CCN(C3CC3)CC2)cc1N. The monoisotopic (exact) mass is 231 g/mol. The maximum Gasteiger partial charge on any atom is 0.0550 e. The lowest BCUT2D eigenvalue weighted by Gasteiger charge is -2.32. The predicted molar refractivity (Wildman–Crippen MR) is 71.8 cm³/mol. The third-order valence-electron chi connectivity index (χ3n) is 4.18. The smallest absolute Gasteiger partial charge is 0.0550 e. The number of hydrogen-bond acceptors (Lipinski definition) is 3. The Balaban J connectivity index is 1.66. The van der Waals surface area contributed by atoms with Gasteiger partial charge in [-0.1, -0.05) is 6.07 Å². The molecule has 0 atom stereocenters. The van der Waals surface area contributed by atoms with Crippen molar-refractivity contribution in [2.24, 2.45) is 0 Å². The Morgan fingerprint density at radius 2 is 1.65 bits per heavy atom. The van der Waals surface area contributed by atoms with Gasteiger partial charge in [-0.2, -0.15) is 0 Å². The van der Waals surface area contributed by atoms with Gasteiger partial charge in [0.05, 0.1) is 11.4 Å². The lowest BCUT2D eigenvalue weighted by atomic mass is 9.89. The molecular formula is C14H21N3. The lowest BCUT2D eigenvalue weighted by molar-refractivity contribution is 0.203. The van der Waals surface area contributed by atoms with Crippen molar-refractivity contribution in [1.82, 2.24) is 4.90 Å². The highest BCUT2D eigenvalue weighted by atomic mass is 15.2. The average Bonchev–Trinajstić information content (AvgIpc) is 3.17. The minimum atomic E-state index is 0.674. The number of likely N-dealkylation sites (tertiary alicyclic amines) is 1. The third-order valence-corrected chi connectivity index (χ3v) is 4.18. The topological polar surface area (TPSA) is 55.3 Å². The summed E-state index contributed by atoms with van der Waals surface area (Å²) in [7, 11) is 0. The summed E-state index contributed by atoms with van der Waals surface area (Å²) >= 11 is 0. The van der Waals surface area contributed by atoms with E-state index in [2.05, 4.69) is 17.0 Å². The van der Waals surface area contributed by atoms with Crippen molar-refractivity contribution < 1.29 is 0 Å². The van der Waals surface area contributed by atoms with E-state index in [0.717, 1.165) is 11.7 Å². The highest BCUT2D eigenvalue weighted by Crippen LogP contribution is 2.35. The van der Waals surface area contributed by atoms with Gasteiger partial charge in [0, 0.05) is 6.04 Å². The summed E-state index contributed by atoms with van der Waals surface area (Å²) < 4.78 is 0. The van der Waals surface area contributed by atoms with Crippen LogP contribution < -0.4 is 11.5 Å². The Kier molecular flexibility index (Phi) is 2.71. The molecule has 2 fully saturated rings. The highest BCUT2D eigenvalue weighted by Gasteiger charge is 2.32. The minimum Gasteiger partial charge on any atom is -0.397 e. The van der Waals surface area contributed by atoms with Crippen molar-refractivity contribution in [2.75, 3.05) is 24.6 Å². The zero-order valence-corrected chi connectivity index (χ0v) is 10.2. The van der Waals surface area contributed by atoms with Gasteiger partial charge in [-0.3, -0.25) is 0 Å². The number of nitrogen functional groups attached to an aromatic ring is 2. The molecule has 2 aliphatic rings. The van der Waals surface area contributed by atoms with E-state index in [1.807, 2.05) is 6.07 Å². The van der Waals surface area contributed by atoms with Gasteiger partial charge in [0.25, 0.3) is 0 Å². The van der Waals surface area contributed by atoms with E-state index in [4.69, 9.17) is 11.5 Å². The van der Waals surface area contributed by atoms with Crippen LogP contribution in [0.5, 0.6) is 0 Å². The lowest BCUT2D eigenvalue weighted by Crippen LogP contribution is -2.34. The van der Waals surface area contributed by atoms with E-state index >= 15 is 0 Å². The van der Waals surface area contributed by atoms with Crippen LogP contribution in [0, 0.1) is 0 Å². The largest absolute Gasteiger partial charge is 0.397 e. The van der Waals surface area contributed by atoms with Crippen LogP contribution >= 0.6 is 0 Å². The van der Waals surface area contributed by atoms with Crippen LogP contribution in [-0.2, 0) is 0 Å². The van der Waals surface area contributed by atoms with Gasteiger partial charge in [0.2, 0.25) is 0 Å². The summed E-state index contributed by atoms with van der Waals surface area (Å²) in [6.45, 7) is 2.50. The molecule has 1 aromatic carbocycles. The second-order valence-electron chi connectivity index (χ2n) is 5.43. The fraction of sp³-hybridized carbons (Fsp3) is 0.571. The molecule has 3 nitrogen and oxygen atoms in total. The van der Waals surface area contributed by atoms with E-state index in [1.54, 1.807) is 0 Å². The van der Waals surface area contributed by atoms with Crippen molar-refractivity contribution in [1.29, 1.82) is 0 Å². The summed E-state index contributed by atoms with van der Waals surface area (Å²) in [6, 6.07) is 7.06. The zero-order valence-electron chi connectivity index (χ0n) is 10.2. The number of benzene rings is 1. The highest BCUT2D eigenvalue weighted by molar-refractivity contribution is 5.64. The molecule has 0 bridgehead atoms. The number of nitrogens with two attached hydrogens (primary N) is 2. The van der Waals surface area contributed by atoms with Crippen LogP contribution in [-0.4, -0.2) is 24.0 Å². The summed E-state index contributed by atoms with van der Waals surface area (Å²) in [5.41, 5.74) is 14.4. The van der Waals surface area contributed by atoms with Crippen LogP contribution in [0.15, 0.2) is 18.2 Å². The van der Waals surface area contributed by atoms with Gasteiger partial charge in [0.1, 0.15) is 0 Å². The maximum absolute atomic E-state index is 5.88. The third kappa shape index (κ3) is 2.25. The minimum absolute atomic E-state index is 0.674. The Labute approximate surface area is 103 Å². The van der Waals surface area contributed by atoms with E-state index in [-0.39, 0.29) is 0 Å². The second kappa shape index (κ2) is 4.22. The van der Waals surface area contributed by atoms with Gasteiger partial charge in [0.15, 0.2) is 0 Å². The molecule has 4 N–H and O–H groups in total. The van der Waals surface area contributed by atoms with Crippen LogP contribution in [0.3, 0.4) is 0 Å². The van der Waals surface area contributed by atoms with E-state index in [0.29, 0.717) is 11.6 Å². The fourth-order valence-corrected chi connectivity index (χ4v) is 2.88. The van der Waals surface area contributed by atoms with Gasteiger partial charge in [-0.25, -0.2) is 0 Å².